The molecule has 6 rings (SSSR count). The molecule has 8 nitrogen and oxygen atoms in total. The predicted molar refractivity (Wildman–Crippen MR) is 114 cm³/mol. The number of hydrogen-bond donors (Lipinski definition) is 1. The summed E-state index contributed by atoms with van der Waals surface area (Å²) in [5, 5.41) is 15.8. The number of benzene rings is 2. The Morgan fingerprint density at radius 1 is 1.00 bits per heavy atom. The zero-order chi connectivity index (χ0) is 20.8. The van der Waals surface area contributed by atoms with E-state index in [0.717, 1.165) is 39.5 Å². The Balaban J connectivity index is 1.60. The lowest BCUT2D eigenvalue weighted by atomic mass is 9.85. The van der Waals surface area contributed by atoms with Gasteiger partial charge in [0, 0.05) is 23.5 Å². The first kappa shape index (κ1) is 17.6. The number of hydrogen-bond acceptors (Lipinski definition) is 7. The molecule has 8 heteroatoms. The zero-order valence-corrected chi connectivity index (χ0v) is 16.6. The largest absolute Gasteiger partial charge is 0.497 e. The van der Waals surface area contributed by atoms with Crippen LogP contribution in [0, 0.1) is 0 Å². The highest BCUT2D eigenvalue weighted by molar-refractivity contribution is 5.85. The van der Waals surface area contributed by atoms with E-state index in [1.165, 1.54) is 0 Å². The second-order valence-electron chi connectivity index (χ2n) is 7.36. The van der Waals surface area contributed by atoms with Gasteiger partial charge in [0.15, 0.2) is 0 Å². The average molecular weight is 410 g/mol. The highest BCUT2D eigenvalue weighted by Crippen LogP contribution is 2.50. The first-order valence-electron chi connectivity index (χ1n) is 9.92. The molecule has 0 saturated carbocycles. The van der Waals surface area contributed by atoms with Gasteiger partial charge in [-0.1, -0.05) is 35.4 Å². The second kappa shape index (κ2) is 6.94. The summed E-state index contributed by atoms with van der Waals surface area (Å²) in [6, 6.07) is 19.6. The minimum absolute atomic E-state index is 0.268. The average Bonchev–Trinajstić information content (AvgIpc) is 3.31. The maximum Gasteiger partial charge on any atom is 0.248 e. The van der Waals surface area contributed by atoms with Crippen LogP contribution in [0.1, 0.15) is 28.8 Å². The number of fused-ring (bicyclic) bond motifs is 3. The molecular formula is C23H18N6O2. The number of anilines is 1. The zero-order valence-electron chi connectivity index (χ0n) is 16.6. The van der Waals surface area contributed by atoms with Gasteiger partial charge in [0.25, 0.3) is 0 Å². The summed E-state index contributed by atoms with van der Waals surface area (Å²) in [5.74, 6) is 2.18. The van der Waals surface area contributed by atoms with Gasteiger partial charge in [0.05, 0.1) is 12.8 Å². The minimum Gasteiger partial charge on any atom is -0.497 e. The molecule has 1 N–H and O–H groups in total. The van der Waals surface area contributed by atoms with E-state index in [0.29, 0.717) is 5.95 Å². The van der Waals surface area contributed by atoms with Crippen molar-refractivity contribution in [2.75, 3.05) is 12.4 Å². The van der Waals surface area contributed by atoms with Crippen LogP contribution in [-0.2, 0) is 0 Å². The number of pyridine rings is 1. The molecule has 0 fully saturated rings. The van der Waals surface area contributed by atoms with E-state index < -0.39 is 0 Å². The van der Waals surface area contributed by atoms with Crippen molar-refractivity contribution in [3.05, 3.63) is 95.3 Å². The topological polar surface area (TPSA) is 87.0 Å². The molecule has 4 heterocycles. The Bertz CT molecular complexity index is 1280. The van der Waals surface area contributed by atoms with Crippen LogP contribution in [-0.4, -0.2) is 32.3 Å². The maximum absolute atomic E-state index is 6.56. The normalized spacial score (nSPS) is 18.9. The van der Waals surface area contributed by atoms with Crippen molar-refractivity contribution in [3.63, 3.8) is 0 Å². The molecule has 0 aliphatic carbocycles. The summed E-state index contributed by atoms with van der Waals surface area (Å²) in [4.78, 5) is 4.34. The quantitative estimate of drug-likeness (QED) is 0.552. The van der Waals surface area contributed by atoms with Crippen LogP contribution < -0.4 is 14.8 Å². The minimum atomic E-state index is -0.342. The third-order valence-corrected chi connectivity index (χ3v) is 5.66. The van der Waals surface area contributed by atoms with Gasteiger partial charge in [0.1, 0.15) is 23.6 Å². The Morgan fingerprint density at radius 3 is 2.68 bits per heavy atom. The van der Waals surface area contributed by atoms with Crippen LogP contribution >= 0.6 is 0 Å². The van der Waals surface area contributed by atoms with Crippen LogP contribution in [0.25, 0.3) is 5.70 Å². The van der Waals surface area contributed by atoms with E-state index in [-0.39, 0.29) is 12.1 Å². The fraction of sp³-hybridized carbons (Fsp3) is 0.130. The van der Waals surface area contributed by atoms with Gasteiger partial charge in [-0.05, 0) is 51.9 Å². The van der Waals surface area contributed by atoms with Gasteiger partial charge in [-0.3, -0.25) is 4.98 Å². The number of methoxy groups -OCH3 is 1. The molecule has 0 spiro atoms. The molecule has 31 heavy (non-hydrogen) atoms. The smallest absolute Gasteiger partial charge is 0.248 e. The van der Waals surface area contributed by atoms with Crippen LogP contribution in [0.15, 0.2) is 78.6 Å². The molecule has 0 bridgehead atoms. The Labute approximate surface area is 178 Å². The highest BCUT2D eigenvalue weighted by Gasteiger charge is 2.41. The van der Waals surface area contributed by atoms with Gasteiger partial charge in [-0.15, -0.1) is 0 Å². The van der Waals surface area contributed by atoms with Gasteiger partial charge in [0.2, 0.25) is 5.95 Å². The summed E-state index contributed by atoms with van der Waals surface area (Å²) < 4.78 is 13.7. The third kappa shape index (κ3) is 2.76. The summed E-state index contributed by atoms with van der Waals surface area (Å²) in [6.45, 7) is 0. The molecule has 4 aromatic rings. The Hall–Kier alpha value is -4.20. The molecular weight excluding hydrogens is 392 g/mol. The van der Waals surface area contributed by atoms with E-state index in [4.69, 9.17) is 9.47 Å². The van der Waals surface area contributed by atoms with E-state index >= 15 is 0 Å². The number of aromatic nitrogens is 5. The van der Waals surface area contributed by atoms with Gasteiger partial charge < -0.3 is 14.8 Å². The maximum atomic E-state index is 6.56. The first-order chi connectivity index (χ1) is 15.3. The van der Waals surface area contributed by atoms with Crippen molar-refractivity contribution in [1.29, 1.82) is 0 Å². The molecule has 2 aromatic carbocycles. The lowest BCUT2D eigenvalue weighted by molar-refractivity contribution is 0.222. The number of rotatable bonds is 3. The van der Waals surface area contributed by atoms with Crippen molar-refractivity contribution in [1.82, 2.24) is 25.2 Å². The number of para-hydroxylation sites is 1. The van der Waals surface area contributed by atoms with E-state index in [1.54, 1.807) is 18.0 Å². The van der Waals surface area contributed by atoms with Crippen molar-refractivity contribution in [2.45, 2.75) is 12.1 Å². The molecule has 0 saturated heterocycles. The first-order valence-corrected chi connectivity index (χ1v) is 9.92. The second-order valence-corrected chi connectivity index (χ2v) is 7.36. The van der Waals surface area contributed by atoms with E-state index in [2.05, 4.69) is 25.8 Å². The fourth-order valence-electron chi connectivity index (χ4n) is 4.25. The van der Waals surface area contributed by atoms with Crippen molar-refractivity contribution >= 4 is 11.6 Å². The number of tetrazole rings is 1. The fourth-order valence-corrected chi connectivity index (χ4v) is 4.25. The van der Waals surface area contributed by atoms with Crippen LogP contribution in [0.4, 0.5) is 5.95 Å². The van der Waals surface area contributed by atoms with Crippen molar-refractivity contribution in [3.8, 4) is 11.5 Å². The molecule has 152 valence electrons. The molecule has 2 aliphatic heterocycles. The number of nitrogens with one attached hydrogen (secondary N) is 1. The van der Waals surface area contributed by atoms with Crippen LogP contribution in [0.2, 0.25) is 0 Å². The van der Waals surface area contributed by atoms with Crippen LogP contribution in [0.5, 0.6) is 11.5 Å². The summed E-state index contributed by atoms with van der Waals surface area (Å²) in [7, 11) is 1.66. The summed E-state index contributed by atoms with van der Waals surface area (Å²) in [5.41, 5.74) is 4.95. The number of nitrogens with zero attached hydrogens (tertiary/aromatic N) is 5. The SMILES string of the molecule is COc1ccc(C2Oc3ccccc3C3=C2C(c2cccnc2)n2nnnc2N3)cc1. The van der Waals surface area contributed by atoms with Gasteiger partial charge in [-0.2, -0.15) is 4.68 Å². The highest BCUT2D eigenvalue weighted by atomic mass is 16.5. The third-order valence-electron chi connectivity index (χ3n) is 5.66. The molecule has 0 amide bonds. The van der Waals surface area contributed by atoms with Crippen molar-refractivity contribution in [2.24, 2.45) is 0 Å². The Kier molecular flexibility index (Phi) is 3.95. The van der Waals surface area contributed by atoms with Gasteiger partial charge in [-0.25, -0.2) is 0 Å². The Morgan fingerprint density at radius 2 is 1.87 bits per heavy atom. The molecule has 0 radical (unpaired) electrons. The van der Waals surface area contributed by atoms with E-state index in [9.17, 15) is 0 Å². The summed E-state index contributed by atoms with van der Waals surface area (Å²) in [6.07, 6.45) is 3.26. The molecule has 2 unspecified atom stereocenters. The molecule has 2 atom stereocenters. The van der Waals surface area contributed by atoms with Gasteiger partial charge >= 0.3 is 0 Å². The lowest BCUT2D eigenvalue weighted by Gasteiger charge is -2.38. The molecule has 2 aromatic heterocycles. The summed E-state index contributed by atoms with van der Waals surface area (Å²) >= 11 is 0. The number of ether oxygens (including phenoxy) is 2. The predicted octanol–water partition coefficient (Wildman–Crippen LogP) is 3.64. The van der Waals surface area contributed by atoms with Crippen molar-refractivity contribution < 1.29 is 9.47 Å². The van der Waals surface area contributed by atoms with Crippen LogP contribution in [0.3, 0.4) is 0 Å². The monoisotopic (exact) mass is 410 g/mol. The standard InChI is InChI=1S/C23H18N6O2/c1-30-16-10-8-14(9-11-16)22-19-20(17-6-2-3-7-18(17)31-22)25-23-26-27-28-29(23)21(19)15-5-4-12-24-13-15/h2-13,21-22H,1H3,(H,25,26,28). The lowest BCUT2D eigenvalue weighted by Crippen LogP contribution is -2.32. The molecule has 2 aliphatic rings. The van der Waals surface area contributed by atoms with E-state index in [1.807, 2.05) is 66.9 Å².